The molecule has 2 aromatic heterocycles. The zero-order valence-corrected chi connectivity index (χ0v) is 15.7. The van der Waals surface area contributed by atoms with Gasteiger partial charge in [0.25, 0.3) is 0 Å². The lowest BCUT2D eigenvalue weighted by molar-refractivity contribution is 0.660. The van der Waals surface area contributed by atoms with Crippen LogP contribution in [0.1, 0.15) is 0 Å². The van der Waals surface area contributed by atoms with E-state index >= 15 is 0 Å². The smallest absolute Gasteiger partial charge is 0.200 e. The van der Waals surface area contributed by atoms with Crippen molar-refractivity contribution in [2.24, 2.45) is 0 Å². The van der Waals surface area contributed by atoms with Gasteiger partial charge in [0.2, 0.25) is 5.43 Å². The average Bonchev–Trinajstić information content (AvgIpc) is 3.23. The monoisotopic (exact) mass is 388 g/mol. The summed E-state index contributed by atoms with van der Waals surface area (Å²) in [4.78, 5) is 14.2. The summed E-state index contributed by atoms with van der Waals surface area (Å²) in [7, 11) is 0. The molecule has 0 amide bonds. The molecule has 0 N–H and O–H groups in total. The van der Waals surface area contributed by atoms with Crippen LogP contribution in [-0.4, -0.2) is 0 Å². The van der Waals surface area contributed by atoms with E-state index < -0.39 is 0 Å². The molecule has 0 aliphatic carbocycles. The Labute approximate surface area is 164 Å². The minimum Gasteiger partial charge on any atom is -0.456 e. The molecule has 4 heteroatoms. The molecule has 27 heavy (non-hydrogen) atoms. The van der Waals surface area contributed by atoms with Crippen LogP contribution in [0.4, 0.5) is 0 Å². The summed E-state index contributed by atoms with van der Waals surface area (Å²) in [6.07, 6.45) is 0. The van der Waals surface area contributed by atoms with Crippen LogP contribution in [0.25, 0.3) is 43.5 Å². The first-order valence-electron chi connectivity index (χ1n) is 8.50. The Morgan fingerprint density at radius 2 is 1.59 bits per heavy atom. The highest BCUT2D eigenvalue weighted by Crippen LogP contribution is 2.38. The molecule has 0 atom stereocenters. The van der Waals surface area contributed by atoms with E-state index in [1.807, 2.05) is 66.0 Å². The van der Waals surface area contributed by atoms with Crippen molar-refractivity contribution in [3.05, 3.63) is 93.4 Å². The lowest BCUT2D eigenvalue weighted by Crippen LogP contribution is -2.02. The second kappa shape index (κ2) is 6.38. The molecule has 130 valence electrons. The maximum absolute atomic E-state index is 13.0. The molecule has 5 aromatic rings. The zero-order chi connectivity index (χ0) is 18.4. The van der Waals surface area contributed by atoms with Crippen molar-refractivity contribution in [2.75, 3.05) is 0 Å². The Bertz CT molecular complexity index is 1330. The van der Waals surface area contributed by atoms with Gasteiger partial charge < -0.3 is 4.42 Å². The van der Waals surface area contributed by atoms with Gasteiger partial charge in [0.1, 0.15) is 11.2 Å². The molecule has 0 saturated heterocycles. The Balaban J connectivity index is 1.90. The highest BCUT2D eigenvalue weighted by Gasteiger charge is 2.15. The summed E-state index contributed by atoms with van der Waals surface area (Å²) in [6.45, 7) is 0. The summed E-state index contributed by atoms with van der Waals surface area (Å²) >= 11 is 7.72. The summed E-state index contributed by atoms with van der Waals surface area (Å²) in [5.74, 6) is 0. The quantitative estimate of drug-likeness (QED) is 0.305. The van der Waals surface area contributed by atoms with E-state index in [2.05, 4.69) is 6.07 Å². The van der Waals surface area contributed by atoms with Gasteiger partial charge in [0.15, 0.2) is 0 Å². The standard InChI is InChI=1S/C23H13ClO2S/c24-15-9-7-14(8-10-15)17-12-19-21(13-18(17)22-6-3-11-27-22)26-20-5-2-1-4-16(20)23(19)25/h1-13H. The van der Waals surface area contributed by atoms with Gasteiger partial charge in [-0.25, -0.2) is 0 Å². The van der Waals surface area contributed by atoms with Gasteiger partial charge >= 0.3 is 0 Å². The van der Waals surface area contributed by atoms with Gasteiger partial charge in [-0.3, -0.25) is 4.79 Å². The summed E-state index contributed by atoms with van der Waals surface area (Å²) in [5.41, 5.74) is 4.23. The van der Waals surface area contributed by atoms with Gasteiger partial charge in [-0.1, -0.05) is 41.9 Å². The van der Waals surface area contributed by atoms with Gasteiger partial charge in [0.05, 0.1) is 10.8 Å². The van der Waals surface area contributed by atoms with Crippen LogP contribution in [-0.2, 0) is 0 Å². The summed E-state index contributed by atoms with van der Waals surface area (Å²) in [6, 6.07) is 23.0. The van der Waals surface area contributed by atoms with Crippen molar-refractivity contribution in [1.29, 1.82) is 0 Å². The fraction of sp³-hybridized carbons (Fsp3) is 0. The maximum atomic E-state index is 13.0. The van der Waals surface area contributed by atoms with E-state index in [9.17, 15) is 4.79 Å². The van der Waals surface area contributed by atoms with Crippen molar-refractivity contribution in [1.82, 2.24) is 0 Å². The average molecular weight is 389 g/mol. The third-order valence-electron chi connectivity index (χ3n) is 4.66. The van der Waals surface area contributed by atoms with Crippen LogP contribution < -0.4 is 5.43 Å². The molecule has 0 radical (unpaired) electrons. The predicted molar refractivity (Wildman–Crippen MR) is 114 cm³/mol. The second-order valence-corrected chi connectivity index (χ2v) is 7.69. The van der Waals surface area contributed by atoms with Crippen LogP contribution in [0.2, 0.25) is 5.02 Å². The van der Waals surface area contributed by atoms with Crippen molar-refractivity contribution in [2.45, 2.75) is 0 Å². The number of para-hydroxylation sites is 1. The van der Waals surface area contributed by atoms with Crippen LogP contribution in [0, 0.1) is 0 Å². The first-order chi connectivity index (χ1) is 13.2. The SMILES string of the molecule is O=c1c2ccccc2oc2cc(-c3cccs3)c(-c3ccc(Cl)cc3)cc12. The molecule has 0 saturated carbocycles. The Kier molecular flexibility index (Phi) is 3.85. The molecule has 3 aromatic carbocycles. The first kappa shape index (κ1) is 16.3. The van der Waals surface area contributed by atoms with Crippen LogP contribution in [0.3, 0.4) is 0 Å². The minimum absolute atomic E-state index is 0.0141. The minimum atomic E-state index is -0.0141. The van der Waals surface area contributed by atoms with Gasteiger partial charge in [-0.15, -0.1) is 11.3 Å². The highest BCUT2D eigenvalue weighted by molar-refractivity contribution is 7.13. The number of halogens is 1. The molecule has 0 bridgehead atoms. The van der Waals surface area contributed by atoms with Crippen molar-refractivity contribution in [3.63, 3.8) is 0 Å². The molecule has 0 fully saturated rings. The Morgan fingerprint density at radius 3 is 2.37 bits per heavy atom. The third kappa shape index (κ3) is 2.76. The lowest BCUT2D eigenvalue weighted by atomic mass is 9.96. The van der Waals surface area contributed by atoms with E-state index in [1.165, 1.54) is 0 Å². The Morgan fingerprint density at radius 1 is 0.778 bits per heavy atom. The second-order valence-electron chi connectivity index (χ2n) is 6.31. The topological polar surface area (TPSA) is 30.2 Å². The molecule has 2 nitrogen and oxygen atoms in total. The number of benzene rings is 3. The van der Waals surface area contributed by atoms with Crippen LogP contribution in [0.15, 0.2) is 87.4 Å². The third-order valence-corrected chi connectivity index (χ3v) is 5.81. The molecule has 5 rings (SSSR count). The van der Waals surface area contributed by atoms with Gasteiger partial charge in [0, 0.05) is 15.5 Å². The van der Waals surface area contributed by atoms with Crippen LogP contribution >= 0.6 is 22.9 Å². The number of rotatable bonds is 2. The molecule has 0 spiro atoms. The van der Waals surface area contributed by atoms with Gasteiger partial charge in [-0.2, -0.15) is 0 Å². The number of fused-ring (bicyclic) bond motifs is 2. The van der Waals surface area contributed by atoms with E-state index in [4.69, 9.17) is 16.0 Å². The van der Waals surface area contributed by atoms with Crippen LogP contribution in [0.5, 0.6) is 0 Å². The largest absolute Gasteiger partial charge is 0.456 e. The normalized spacial score (nSPS) is 11.3. The fourth-order valence-electron chi connectivity index (χ4n) is 3.35. The van der Waals surface area contributed by atoms with E-state index in [-0.39, 0.29) is 5.43 Å². The summed E-state index contributed by atoms with van der Waals surface area (Å²) in [5, 5.41) is 3.90. The molecule has 0 aliphatic heterocycles. The summed E-state index contributed by atoms with van der Waals surface area (Å²) < 4.78 is 6.06. The Hall–Kier alpha value is -2.88. The van der Waals surface area contributed by atoms with Gasteiger partial charge in [-0.05, 0) is 59.0 Å². The van der Waals surface area contributed by atoms with Crippen molar-refractivity contribution in [3.8, 4) is 21.6 Å². The van der Waals surface area contributed by atoms with Crippen molar-refractivity contribution < 1.29 is 4.42 Å². The lowest BCUT2D eigenvalue weighted by Gasteiger charge is -2.11. The molecular weight excluding hydrogens is 376 g/mol. The number of thiophene rings is 1. The number of hydrogen-bond acceptors (Lipinski definition) is 3. The molecular formula is C23H13ClO2S. The predicted octanol–water partition coefficient (Wildman–Crippen LogP) is 7.00. The van der Waals surface area contributed by atoms with Crippen molar-refractivity contribution >= 4 is 44.9 Å². The van der Waals surface area contributed by atoms with E-state index in [0.29, 0.717) is 27.0 Å². The highest BCUT2D eigenvalue weighted by atomic mass is 35.5. The first-order valence-corrected chi connectivity index (χ1v) is 9.76. The maximum Gasteiger partial charge on any atom is 0.200 e. The van der Waals surface area contributed by atoms with E-state index in [1.54, 1.807) is 17.4 Å². The molecule has 2 heterocycles. The number of hydrogen-bond donors (Lipinski definition) is 0. The molecule has 0 aliphatic rings. The zero-order valence-electron chi connectivity index (χ0n) is 14.1. The molecule has 0 unspecified atom stereocenters. The fourth-order valence-corrected chi connectivity index (χ4v) is 4.24. The van der Waals surface area contributed by atoms with E-state index in [0.717, 1.165) is 21.6 Å².